The summed E-state index contributed by atoms with van der Waals surface area (Å²) in [7, 11) is 7.71. The molecule has 0 bridgehead atoms. The lowest BCUT2D eigenvalue weighted by atomic mass is 10.4. The Labute approximate surface area is 102 Å². The molecule has 96 valence electrons. The van der Waals surface area contributed by atoms with Crippen molar-refractivity contribution in [3.8, 4) is 6.01 Å². The van der Waals surface area contributed by atoms with Crippen LogP contribution < -0.4 is 15.4 Å². The van der Waals surface area contributed by atoms with E-state index >= 15 is 0 Å². The van der Waals surface area contributed by atoms with Gasteiger partial charge in [-0.1, -0.05) is 0 Å². The van der Waals surface area contributed by atoms with Gasteiger partial charge in [0, 0.05) is 20.6 Å². The van der Waals surface area contributed by atoms with Gasteiger partial charge in [-0.25, -0.2) is 0 Å². The fourth-order valence-electron chi connectivity index (χ4n) is 1.17. The van der Waals surface area contributed by atoms with E-state index in [1.807, 2.05) is 28.2 Å². The molecule has 7 heteroatoms. The summed E-state index contributed by atoms with van der Waals surface area (Å²) in [6, 6.07) is 0.278. The number of ether oxygens (including phenoxy) is 1. The first kappa shape index (κ1) is 13.4. The summed E-state index contributed by atoms with van der Waals surface area (Å²) in [4.78, 5) is 15.9. The standard InChI is InChI=1S/C10H20N6O/c1-15(2)6-5-7-17-10-13-8(11)12-9(14-10)16(3)4/h5-7H2,1-4H3,(H2,11,12,13,14). The van der Waals surface area contributed by atoms with Gasteiger partial charge in [-0.05, 0) is 20.5 Å². The smallest absolute Gasteiger partial charge is 0.323 e. The van der Waals surface area contributed by atoms with Crippen molar-refractivity contribution < 1.29 is 4.74 Å². The minimum Gasteiger partial charge on any atom is -0.463 e. The van der Waals surface area contributed by atoms with Crippen molar-refractivity contribution in [2.45, 2.75) is 6.42 Å². The Morgan fingerprint density at radius 2 is 1.82 bits per heavy atom. The van der Waals surface area contributed by atoms with Crippen molar-refractivity contribution in [1.29, 1.82) is 0 Å². The summed E-state index contributed by atoms with van der Waals surface area (Å²) in [5, 5.41) is 0. The van der Waals surface area contributed by atoms with Crippen LogP contribution in [0, 0.1) is 0 Å². The quantitative estimate of drug-likeness (QED) is 0.692. The summed E-state index contributed by atoms with van der Waals surface area (Å²) < 4.78 is 5.43. The maximum atomic E-state index is 5.57. The molecule has 0 atom stereocenters. The number of nitrogens with zero attached hydrogens (tertiary/aromatic N) is 5. The van der Waals surface area contributed by atoms with Crippen LogP contribution in [0.5, 0.6) is 6.01 Å². The third-order valence-corrected chi connectivity index (χ3v) is 2.00. The molecule has 0 aliphatic heterocycles. The van der Waals surface area contributed by atoms with Gasteiger partial charge in [-0.3, -0.25) is 0 Å². The zero-order valence-corrected chi connectivity index (χ0v) is 10.8. The molecule has 2 N–H and O–H groups in total. The predicted molar refractivity (Wildman–Crippen MR) is 67.2 cm³/mol. The largest absolute Gasteiger partial charge is 0.463 e. The van der Waals surface area contributed by atoms with E-state index in [0.29, 0.717) is 12.6 Å². The molecule has 0 unspecified atom stereocenters. The van der Waals surface area contributed by atoms with Crippen LogP contribution in [0.15, 0.2) is 0 Å². The lowest BCUT2D eigenvalue weighted by Crippen LogP contribution is -2.17. The maximum Gasteiger partial charge on any atom is 0.323 e. The maximum absolute atomic E-state index is 5.57. The van der Waals surface area contributed by atoms with E-state index in [-0.39, 0.29) is 12.0 Å². The summed E-state index contributed by atoms with van der Waals surface area (Å²) in [5.74, 6) is 0.673. The topological polar surface area (TPSA) is 80.4 Å². The molecule has 17 heavy (non-hydrogen) atoms. The Morgan fingerprint density at radius 3 is 2.41 bits per heavy atom. The van der Waals surface area contributed by atoms with Crippen molar-refractivity contribution in [1.82, 2.24) is 19.9 Å². The lowest BCUT2D eigenvalue weighted by molar-refractivity contribution is 0.263. The fraction of sp³-hybridized carbons (Fsp3) is 0.700. The van der Waals surface area contributed by atoms with Crippen LogP contribution >= 0.6 is 0 Å². The van der Waals surface area contributed by atoms with Crippen LogP contribution in [0.3, 0.4) is 0 Å². The molecule has 0 radical (unpaired) electrons. The molecule has 1 aromatic heterocycles. The fourth-order valence-corrected chi connectivity index (χ4v) is 1.17. The lowest BCUT2D eigenvalue weighted by Gasteiger charge is -2.12. The Morgan fingerprint density at radius 1 is 1.12 bits per heavy atom. The number of rotatable bonds is 6. The number of hydrogen-bond acceptors (Lipinski definition) is 7. The van der Waals surface area contributed by atoms with E-state index < -0.39 is 0 Å². The summed E-state index contributed by atoms with van der Waals surface area (Å²) in [6.45, 7) is 1.52. The minimum absolute atomic E-state index is 0.173. The Kier molecular flexibility index (Phi) is 4.89. The van der Waals surface area contributed by atoms with Crippen molar-refractivity contribution in [2.24, 2.45) is 0 Å². The molecule has 7 nitrogen and oxygen atoms in total. The molecular formula is C10H20N6O. The average Bonchev–Trinajstić information content (AvgIpc) is 2.23. The highest BCUT2D eigenvalue weighted by atomic mass is 16.5. The second-order valence-electron chi connectivity index (χ2n) is 4.18. The van der Waals surface area contributed by atoms with Gasteiger partial charge >= 0.3 is 6.01 Å². The van der Waals surface area contributed by atoms with Gasteiger partial charge in [0.05, 0.1) is 6.61 Å². The van der Waals surface area contributed by atoms with Crippen LogP contribution in [-0.4, -0.2) is 61.2 Å². The van der Waals surface area contributed by atoms with Crippen LogP contribution in [-0.2, 0) is 0 Å². The molecule has 1 rings (SSSR count). The molecule has 0 fully saturated rings. The molecule has 0 spiro atoms. The summed E-state index contributed by atoms with van der Waals surface area (Å²) in [6.07, 6.45) is 0.913. The number of aromatic nitrogens is 3. The highest BCUT2D eigenvalue weighted by molar-refractivity contribution is 5.33. The zero-order chi connectivity index (χ0) is 12.8. The third kappa shape index (κ3) is 4.81. The van der Waals surface area contributed by atoms with Crippen molar-refractivity contribution in [2.75, 3.05) is 52.0 Å². The first-order valence-electron chi connectivity index (χ1n) is 5.45. The molecule has 0 amide bonds. The van der Waals surface area contributed by atoms with Gasteiger partial charge in [0.1, 0.15) is 0 Å². The average molecular weight is 240 g/mol. The van der Waals surface area contributed by atoms with Gasteiger partial charge in [-0.2, -0.15) is 15.0 Å². The van der Waals surface area contributed by atoms with E-state index in [4.69, 9.17) is 10.5 Å². The normalized spacial score (nSPS) is 10.6. The first-order chi connectivity index (χ1) is 7.99. The van der Waals surface area contributed by atoms with Gasteiger partial charge in [0.15, 0.2) is 0 Å². The number of anilines is 2. The van der Waals surface area contributed by atoms with E-state index in [1.165, 1.54) is 0 Å². The molecule has 0 saturated carbocycles. The summed E-state index contributed by atoms with van der Waals surface area (Å²) in [5.41, 5.74) is 5.57. The van der Waals surface area contributed by atoms with E-state index in [1.54, 1.807) is 4.90 Å². The second kappa shape index (κ2) is 6.19. The van der Waals surface area contributed by atoms with Crippen LogP contribution in [0.25, 0.3) is 0 Å². The van der Waals surface area contributed by atoms with Crippen LogP contribution in [0.1, 0.15) is 6.42 Å². The van der Waals surface area contributed by atoms with Gasteiger partial charge < -0.3 is 20.3 Å². The molecule has 0 aromatic carbocycles. The van der Waals surface area contributed by atoms with E-state index in [9.17, 15) is 0 Å². The molecule has 0 aliphatic rings. The second-order valence-corrected chi connectivity index (χ2v) is 4.18. The Hall–Kier alpha value is -1.63. The molecule has 0 saturated heterocycles. The third-order valence-electron chi connectivity index (χ3n) is 2.00. The van der Waals surface area contributed by atoms with Crippen LogP contribution in [0.2, 0.25) is 0 Å². The molecular weight excluding hydrogens is 220 g/mol. The molecule has 0 aliphatic carbocycles. The Balaban J connectivity index is 2.53. The minimum atomic E-state index is 0.173. The SMILES string of the molecule is CN(C)CCCOc1nc(N)nc(N(C)C)n1. The van der Waals surface area contributed by atoms with Gasteiger partial charge in [-0.15, -0.1) is 0 Å². The van der Waals surface area contributed by atoms with E-state index in [2.05, 4.69) is 19.9 Å². The highest BCUT2D eigenvalue weighted by Gasteiger charge is 2.06. The monoisotopic (exact) mass is 240 g/mol. The first-order valence-corrected chi connectivity index (χ1v) is 5.45. The van der Waals surface area contributed by atoms with Crippen molar-refractivity contribution >= 4 is 11.9 Å². The van der Waals surface area contributed by atoms with E-state index in [0.717, 1.165) is 13.0 Å². The number of nitrogens with two attached hydrogens (primary N) is 1. The predicted octanol–water partition coefficient (Wildman–Crippen LogP) is -0.150. The number of hydrogen-bond donors (Lipinski definition) is 1. The Bertz CT molecular complexity index is 355. The molecule has 1 aromatic rings. The number of nitrogen functional groups attached to an aromatic ring is 1. The summed E-state index contributed by atoms with van der Waals surface area (Å²) >= 11 is 0. The van der Waals surface area contributed by atoms with Gasteiger partial charge in [0.2, 0.25) is 11.9 Å². The highest BCUT2D eigenvalue weighted by Crippen LogP contribution is 2.10. The van der Waals surface area contributed by atoms with Crippen molar-refractivity contribution in [3.05, 3.63) is 0 Å². The van der Waals surface area contributed by atoms with Crippen molar-refractivity contribution in [3.63, 3.8) is 0 Å². The molecule has 1 heterocycles. The zero-order valence-electron chi connectivity index (χ0n) is 10.8. The van der Waals surface area contributed by atoms with Crippen LogP contribution in [0.4, 0.5) is 11.9 Å². The van der Waals surface area contributed by atoms with Gasteiger partial charge in [0.25, 0.3) is 0 Å².